The SMILES string of the molecule is Cc1ccc(C(Cc2nc(=S)[nH][nH]2)C2CC2)cc1C. The van der Waals surface area contributed by atoms with E-state index in [0.29, 0.717) is 10.7 Å². The highest BCUT2D eigenvalue weighted by Crippen LogP contribution is 2.44. The van der Waals surface area contributed by atoms with E-state index in [2.05, 4.69) is 47.2 Å². The predicted molar refractivity (Wildman–Crippen MR) is 78.9 cm³/mol. The molecular weight excluding hydrogens is 254 g/mol. The largest absolute Gasteiger partial charge is 0.286 e. The number of aryl methyl sites for hydroxylation is 2. The first-order valence-corrected chi connectivity index (χ1v) is 7.25. The van der Waals surface area contributed by atoms with Crippen LogP contribution >= 0.6 is 12.2 Å². The van der Waals surface area contributed by atoms with Gasteiger partial charge in [0, 0.05) is 6.42 Å². The summed E-state index contributed by atoms with van der Waals surface area (Å²) in [6.07, 6.45) is 3.62. The number of hydrogen-bond donors (Lipinski definition) is 2. The monoisotopic (exact) mass is 273 g/mol. The molecule has 3 nitrogen and oxygen atoms in total. The maximum atomic E-state index is 5.02. The topological polar surface area (TPSA) is 44.5 Å². The fraction of sp³-hybridized carbons (Fsp3) is 0.467. The van der Waals surface area contributed by atoms with Crippen LogP contribution in [0, 0.1) is 24.5 Å². The highest BCUT2D eigenvalue weighted by atomic mass is 32.1. The highest BCUT2D eigenvalue weighted by Gasteiger charge is 2.33. The summed E-state index contributed by atoms with van der Waals surface area (Å²) in [5.41, 5.74) is 4.17. The molecule has 0 amide bonds. The quantitative estimate of drug-likeness (QED) is 0.832. The summed E-state index contributed by atoms with van der Waals surface area (Å²) in [5, 5.41) is 5.96. The van der Waals surface area contributed by atoms with Gasteiger partial charge in [-0.15, -0.1) is 0 Å². The molecule has 1 aromatic heterocycles. The van der Waals surface area contributed by atoms with Crippen molar-refractivity contribution < 1.29 is 0 Å². The van der Waals surface area contributed by atoms with Crippen LogP contribution in [-0.2, 0) is 6.42 Å². The Hall–Kier alpha value is -1.42. The lowest BCUT2D eigenvalue weighted by Crippen LogP contribution is -2.07. The lowest BCUT2D eigenvalue weighted by Gasteiger charge is -2.16. The van der Waals surface area contributed by atoms with Gasteiger partial charge in [0.25, 0.3) is 0 Å². The Morgan fingerprint density at radius 2 is 2.05 bits per heavy atom. The molecule has 0 bridgehead atoms. The van der Waals surface area contributed by atoms with E-state index in [9.17, 15) is 0 Å². The minimum absolute atomic E-state index is 0.546. The molecule has 1 atom stereocenters. The number of aromatic nitrogens is 3. The minimum atomic E-state index is 0.546. The van der Waals surface area contributed by atoms with E-state index >= 15 is 0 Å². The van der Waals surface area contributed by atoms with Gasteiger partial charge < -0.3 is 0 Å². The van der Waals surface area contributed by atoms with Gasteiger partial charge in [0.1, 0.15) is 5.82 Å². The number of hydrogen-bond acceptors (Lipinski definition) is 2. The standard InChI is InChI=1S/C15H19N3S/c1-9-3-4-12(7-10(9)2)13(11-5-6-11)8-14-16-15(19)18-17-14/h3-4,7,11,13H,5-6,8H2,1-2H3,(H2,16,17,18,19). The zero-order valence-corrected chi connectivity index (χ0v) is 12.2. The molecule has 1 heterocycles. The molecule has 19 heavy (non-hydrogen) atoms. The Morgan fingerprint density at radius 1 is 1.26 bits per heavy atom. The zero-order chi connectivity index (χ0) is 13.4. The Labute approximate surface area is 118 Å². The third-order valence-electron chi connectivity index (χ3n) is 4.11. The second-order valence-electron chi connectivity index (χ2n) is 5.61. The maximum absolute atomic E-state index is 5.02. The molecule has 1 saturated carbocycles. The first-order chi connectivity index (χ1) is 9.13. The average Bonchev–Trinajstić information content (AvgIpc) is 3.14. The molecule has 0 radical (unpaired) electrons. The summed E-state index contributed by atoms with van der Waals surface area (Å²) in [7, 11) is 0. The molecule has 2 N–H and O–H groups in total. The Morgan fingerprint density at radius 3 is 2.63 bits per heavy atom. The molecule has 1 unspecified atom stereocenters. The fourth-order valence-electron chi connectivity index (χ4n) is 2.66. The van der Waals surface area contributed by atoms with Gasteiger partial charge in [-0.25, -0.2) is 4.98 Å². The van der Waals surface area contributed by atoms with Crippen LogP contribution < -0.4 is 0 Å². The molecule has 100 valence electrons. The Balaban J connectivity index is 1.88. The Kier molecular flexibility index (Phi) is 3.27. The van der Waals surface area contributed by atoms with E-state index < -0.39 is 0 Å². The van der Waals surface area contributed by atoms with E-state index in [1.807, 2.05) is 0 Å². The lowest BCUT2D eigenvalue weighted by molar-refractivity contribution is 0.585. The number of aromatic amines is 2. The third kappa shape index (κ3) is 2.78. The van der Waals surface area contributed by atoms with Crippen molar-refractivity contribution in [2.24, 2.45) is 5.92 Å². The van der Waals surface area contributed by atoms with Gasteiger partial charge in [-0.2, -0.15) is 0 Å². The van der Waals surface area contributed by atoms with E-state index in [-0.39, 0.29) is 0 Å². The van der Waals surface area contributed by atoms with E-state index in [4.69, 9.17) is 12.2 Å². The molecule has 0 saturated heterocycles. The molecule has 1 aliphatic rings. The van der Waals surface area contributed by atoms with Crippen LogP contribution in [0.2, 0.25) is 0 Å². The van der Waals surface area contributed by atoms with Crippen molar-refractivity contribution in [3.63, 3.8) is 0 Å². The number of benzene rings is 1. The summed E-state index contributed by atoms with van der Waals surface area (Å²) >= 11 is 5.02. The summed E-state index contributed by atoms with van der Waals surface area (Å²) < 4.78 is 0.546. The summed E-state index contributed by atoms with van der Waals surface area (Å²) in [6.45, 7) is 4.35. The second kappa shape index (κ2) is 4.93. The van der Waals surface area contributed by atoms with Gasteiger partial charge in [0.05, 0.1) is 0 Å². The van der Waals surface area contributed by atoms with Gasteiger partial charge >= 0.3 is 0 Å². The van der Waals surface area contributed by atoms with E-state index in [1.54, 1.807) is 0 Å². The predicted octanol–water partition coefficient (Wildman–Crippen LogP) is 3.82. The Bertz CT molecular complexity index is 637. The molecule has 0 aliphatic heterocycles. The molecule has 0 spiro atoms. The van der Waals surface area contributed by atoms with Crippen molar-refractivity contribution >= 4 is 12.2 Å². The van der Waals surface area contributed by atoms with Gasteiger partial charge in [-0.1, -0.05) is 18.2 Å². The minimum Gasteiger partial charge on any atom is -0.286 e. The van der Waals surface area contributed by atoms with Crippen molar-refractivity contribution in [1.82, 2.24) is 15.2 Å². The first-order valence-electron chi connectivity index (χ1n) is 6.84. The van der Waals surface area contributed by atoms with Crippen LogP contribution in [0.5, 0.6) is 0 Å². The van der Waals surface area contributed by atoms with Crippen molar-refractivity contribution in [1.29, 1.82) is 0 Å². The fourth-order valence-corrected chi connectivity index (χ4v) is 2.82. The van der Waals surface area contributed by atoms with E-state index in [1.165, 1.54) is 29.5 Å². The smallest absolute Gasteiger partial charge is 0.213 e. The van der Waals surface area contributed by atoms with Crippen LogP contribution in [0.15, 0.2) is 18.2 Å². The molecular formula is C15H19N3S. The summed E-state index contributed by atoms with van der Waals surface area (Å²) in [6, 6.07) is 6.83. The highest BCUT2D eigenvalue weighted by molar-refractivity contribution is 7.71. The maximum Gasteiger partial charge on any atom is 0.213 e. The molecule has 2 aromatic rings. The number of nitrogens with one attached hydrogen (secondary N) is 2. The van der Waals surface area contributed by atoms with Gasteiger partial charge in [-0.05, 0) is 67.4 Å². The summed E-state index contributed by atoms with van der Waals surface area (Å²) in [5.74, 6) is 2.34. The van der Waals surface area contributed by atoms with Crippen LogP contribution in [0.4, 0.5) is 0 Å². The molecule has 1 fully saturated rings. The van der Waals surface area contributed by atoms with Crippen molar-refractivity contribution in [2.75, 3.05) is 0 Å². The normalized spacial score (nSPS) is 16.5. The molecule has 1 aromatic carbocycles. The third-order valence-corrected chi connectivity index (χ3v) is 4.31. The van der Waals surface area contributed by atoms with Crippen molar-refractivity contribution in [3.8, 4) is 0 Å². The second-order valence-corrected chi connectivity index (χ2v) is 5.99. The van der Waals surface area contributed by atoms with Gasteiger partial charge in [-0.3, -0.25) is 10.2 Å². The van der Waals surface area contributed by atoms with Crippen LogP contribution in [-0.4, -0.2) is 15.2 Å². The van der Waals surface area contributed by atoms with E-state index in [0.717, 1.165) is 18.2 Å². The van der Waals surface area contributed by atoms with Gasteiger partial charge in [0.15, 0.2) is 0 Å². The molecule has 3 rings (SSSR count). The van der Waals surface area contributed by atoms with Crippen LogP contribution in [0.1, 0.15) is 41.3 Å². The summed E-state index contributed by atoms with van der Waals surface area (Å²) in [4.78, 5) is 4.33. The number of H-pyrrole nitrogens is 2. The average molecular weight is 273 g/mol. The van der Waals surface area contributed by atoms with Crippen LogP contribution in [0.3, 0.4) is 0 Å². The molecule has 4 heteroatoms. The number of rotatable bonds is 4. The number of nitrogens with zero attached hydrogens (tertiary/aromatic N) is 1. The van der Waals surface area contributed by atoms with Gasteiger partial charge in [0.2, 0.25) is 4.77 Å². The zero-order valence-electron chi connectivity index (χ0n) is 11.4. The lowest BCUT2D eigenvalue weighted by atomic mass is 9.89. The van der Waals surface area contributed by atoms with Crippen molar-refractivity contribution in [3.05, 3.63) is 45.5 Å². The first kappa shape index (κ1) is 12.6. The molecule has 1 aliphatic carbocycles. The van der Waals surface area contributed by atoms with Crippen LogP contribution in [0.25, 0.3) is 0 Å². The van der Waals surface area contributed by atoms with Crippen molar-refractivity contribution in [2.45, 2.75) is 39.0 Å².